The van der Waals surface area contributed by atoms with Crippen molar-refractivity contribution in [2.45, 2.75) is 104 Å². The summed E-state index contributed by atoms with van der Waals surface area (Å²) < 4.78 is 4.96. The molecule has 0 aromatic carbocycles. The lowest BCUT2D eigenvalue weighted by atomic mass is 10.0. The van der Waals surface area contributed by atoms with Crippen molar-refractivity contribution >= 4 is 5.97 Å². The summed E-state index contributed by atoms with van der Waals surface area (Å²) in [7, 11) is 0. The lowest BCUT2D eigenvalue weighted by Gasteiger charge is -2.04. The molecule has 23 heavy (non-hydrogen) atoms. The summed E-state index contributed by atoms with van der Waals surface area (Å²) in [4.78, 5) is 11.2. The Morgan fingerprint density at radius 3 is 2.09 bits per heavy atom. The maximum Gasteiger partial charge on any atom is 0.305 e. The van der Waals surface area contributed by atoms with Gasteiger partial charge >= 0.3 is 5.97 Å². The monoisotopic (exact) mass is 324 g/mol. The highest BCUT2D eigenvalue weighted by molar-refractivity contribution is 5.69. The normalized spacial score (nSPS) is 20.0. The molecule has 2 nitrogen and oxygen atoms in total. The van der Waals surface area contributed by atoms with E-state index >= 15 is 0 Å². The van der Waals surface area contributed by atoms with E-state index in [1.165, 1.54) is 70.6 Å². The molecule has 0 heterocycles. The Morgan fingerprint density at radius 2 is 1.48 bits per heavy atom. The summed E-state index contributed by atoms with van der Waals surface area (Å²) in [6.07, 6.45) is 17.1. The fraction of sp³-hybridized carbons (Fsp3) is 0.952. The van der Waals surface area contributed by atoms with E-state index in [-0.39, 0.29) is 5.97 Å². The highest BCUT2D eigenvalue weighted by atomic mass is 16.5. The van der Waals surface area contributed by atoms with Crippen molar-refractivity contribution in [2.24, 2.45) is 17.8 Å². The van der Waals surface area contributed by atoms with E-state index in [1.807, 2.05) is 6.92 Å². The average Bonchev–Trinajstić information content (AvgIpc) is 3.25. The molecular weight excluding hydrogens is 284 g/mol. The standard InChI is InChI=1S/C21H40O2/c1-4-23-21(22)16-12-11-15-20-17-19(20)14-10-8-6-5-7-9-13-18(2)3/h18-20H,4-17H2,1-3H3. The van der Waals surface area contributed by atoms with E-state index in [9.17, 15) is 4.79 Å². The third kappa shape index (κ3) is 11.6. The van der Waals surface area contributed by atoms with Crippen LogP contribution in [-0.2, 0) is 9.53 Å². The van der Waals surface area contributed by atoms with Crippen LogP contribution in [0.4, 0.5) is 0 Å². The van der Waals surface area contributed by atoms with Crippen molar-refractivity contribution < 1.29 is 9.53 Å². The summed E-state index contributed by atoms with van der Waals surface area (Å²) in [5, 5.41) is 0. The molecule has 2 unspecified atom stereocenters. The van der Waals surface area contributed by atoms with Gasteiger partial charge in [-0.3, -0.25) is 4.79 Å². The van der Waals surface area contributed by atoms with Gasteiger partial charge in [-0.2, -0.15) is 0 Å². The van der Waals surface area contributed by atoms with Crippen LogP contribution in [0.15, 0.2) is 0 Å². The van der Waals surface area contributed by atoms with Crippen LogP contribution in [-0.4, -0.2) is 12.6 Å². The van der Waals surface area contributed by atoms with Crippen LogP contribution in [0.25, 0.3) is 0 Å². The second-order valence-corrected chi connectivity index (χ2v) is 7.90. The van der Waals surface area contributed by atoms with Crippen molar-refractivity contribution in [3.8, 4) is 0 Å². The molecule has 0 aromatic rings. The molecule has 0 N–H and O–H groups in total. The van der Waals surface area contributed by atoms with Gasteiger partial charge in [0.1, 0.15) is 0 Å². The van der Waals surface area contributed by atoms with E-state index in [0.717, 1.165) is 24.2 Å². The van der Waals surface area contributed by atoms with Crippen molar-refractivity contribution in [3.63, 3.8) is 0 Å². The molecule has 1 rings (SSSR count). The fourth-order valence-electron chi connectivity index (χ4n) is 3.59. The second-order valence-electron chi connectivity index (χ2n) is 7.90. The minimum Gasteiger partial charge on any atom is -0.466 e. The van der Waals surface area contributed by atoms with E-state index in [0.29, 0.717) is 13.0 Å². The lowest BCUT2D eigenvalue weighted by molar-refractivity contribution is -0.143. The van der Waals surface area contributed by atoms with Crippen LogP contribution in [0.1, 0.15) is 104 Å². The summed E-state index contributed by atoms with van der Waals surface area (Å²) in [5.74, 6) is 2.84. The van der Waals surface area contributed by atoms with Gasteiger partial charge in [-0.05, 0) is 37.5 Å². The Morgan fingerprint density at radius 1 is 0.913 bits per heavy atom. The van der Waals surface area contributed by atoms with Gasteiger partial charge < -0.3 is 4.74 Å². The van der Waals surface area contributed by atoms with Gasteiger partial charge in [0.2, 0.25) is 0 Å². The van der Waals surface area contributed by atoms with Gasteiger partial charge in [-0.25, -0.2) is 0 Å². The zero-order chi connectivity index (χ0) is 16.9. The Hall–Kier alpha value is -0.530. The number of carbonyl (C=O) groups excluding carboxylic acids is 1. The maximum absolute atomic E-state index is 11.2. The van der Waals surface area contributed by atoms with Crippen molar-refractivity contribution in [1.29, 1.82) is 0 Å². The number of hydrogen-bond acceptors (Lipinski definition) is 2. The molecule has 1 aliphatic carbocycles. The highest BCUT2D eigenvalue weighted by Crippen LogP contribution is 2.45. The van der Waals surface area contributed by atoms with Gasteiger partial charge in [0, 0.05) is 6.42 Å². The predicted octanol–water partition coefficient (Wildman–Crippen LogP) is 6.52. The number of carbonyl (C=O) groups is 1. The molecule has 136 valence electrons. The zero-order valence-electron chi connectivity index (χ0n) is 15.9. The van der Waals surface area contributed by atoms with Crippen LogP contribution >= 0.6 is 0 Å². The van der Waals surface area contributed by atoms with Gasteiger partial charge in [-0.15, -0.1) is 0 Å². The SMILES string of the molecule is CCOC(=O)CCCCC1CC1CCCCCCCCC(C)C. The molecule has 0 saturated heterocycles. The van der Waals surface area contributed by atoms with E-state index in [4.69, 9.17) is 4.74 Å². The van der Waals surface area contributed by atoms with Gasteiger partial charge in [0.25, 0.3) is 0 Å². The Bertz CT molecular complexity index is 298. The van der Waals surface area contributed by atoms with Crippen LogP contribution in [0.5, 0.6) is 0 Å². The molecule has 0 aliphatic heterocycles. The molecule has 2 heteroatoms. The molecule has 1 fully saturated rings. The molecule has 0 aromatic heterocycles. The third-order valence-electron chi connectivity index (χ3n) is 5.19. The smallest absolute Gasteiger partial charge is 0.305 e. The Kier molecular flexibility index (Phi) is 11.5. The van der Waals surface area contributed by atoms with Gasteiger partial charge in [0.05, 0.1) is 6.61 Å². The summed E-state index contributed by atoms with van der Waals surface area (Å²) in [5.41, 5.74) is 0. The topological polar surface area (TPSA) is 26.3 Å². The third-order valence-corrected chi connectivity index (χ3v) is 5.19. The number of rotatable bonds is 15. The minimum absolute atomic E-state index is 0.0201. The Balaban J connectivity index is 1.80. The van der Waals surface area contributed by atoms with E-state index < -0.39 is 0 Å². The van der Waals surface area contributed by atoms with E-state index in [2.05, 4.69) is 13.8 Å². The first-order valence-corrected chi connectivity index (χ1v) is 10.3. The average molecular weight is 325 g/mol. The Labute approximate surface area is 144 Å². The largest absolute Gasteiger partial charge is 0.466 e. The van der Waals surface area contributed by atoms with Crippen molar-refractivity contribution in [1.82, 2.24) is 0 Å². The molecular formula is C21H40O2. The number of ether oxygens (including phenoxy) is 1. The molecule has 2 atom stereocenters. The predicted molar refractivity (Wildman–Crippen MR) is 98.5 cm³/mol. The van der Waals surface area contributed by atoms with Crippen LogP contribution in [0.2, 0.25) is 0 Å². The number of hydrogen-bond donors (Lipinski definition) is 0. The highest BCUT2D eigenvalue weighted by Gasteiger charge is 2.35. The molecule has 0 amide bonds. The molecule has 0 spiro atoms. The van der Waals surface area contributed by atoms with Crippen LogP contribution in [0.3, 0.4) is 0 Å². The van der Waals surface area contributed by atoms with E-state index in [1.54, 1.807) is 0 Å². The summed E-state index contributed by atoms with van der Waals surface area (Å²) in [6.45, 7) is 7.03. The molecule has 0 bridgehead atoms. The minimum atomic E-state index is -0.0201. The first-order chi connectivity index (χ1) is 11.1. The zero-order valence-corrected chi connectivity index (χ0v) is 15.9. The van der Waals surface area contributed by atoms with Gasteiger partial charge in [0.15, 0.2) is 0 Å². The fourth-order valence-corrected chi connectivity index (χ4v) is 3.59. The lowest BCUT2D eigenvalue weighted by Crippen LogP contribution is -2.03. The maximum atomic E-state index is 11.2. The first-order valence-electron chi connectivity index (χ1n) is 10.3. The van der Waals surface area contributed by atoms with Crippen LogP contribution < -0.4 is 0 Å². The van der Waals surface area contributed by atoms with Crippen LogP contribution in [0, 0.1) is 17.8 Å². The summed E-state index contributed by atoms with van der Waals surface area (Å²) >= 11 is 0. The molecule has 0 radical (unpaired) electrons. The molecule has 1 aliphatic rings. The van der Waals surface area contributed by atoms with Gasteiger partial charge in [-0.1, -0.05) is 78.1 Å². The summed E-state index contributed by atoms with van der Waals surface area (Å²) in [6, 6.07) is 0. The number of unbranched alkanes of at least 4 members (excludes halogenated alkanes) is 6. The molecule has 1 saturated carbocycles. The quantitative estimate of drug-likeness (QED) is 0.253. The van der Waals surface area contributed by atoms with Crippen molar-refractivity contribution in [2.75, 3.05) is 6.61 Å². The first kappa shape index (κ1) is 20.5. The van der Waals surface area contributed by atoms with Crippen molar-refractivity contribution in [3.05, 3.63) is 0 Å². The second kappa shape index (κ2) is 12.8. The number of esters is 1.